The Labute approximate surface area is 168 Å². The van der Waals surface area contributed by atoms with Crippen LogP contribution in [0.25, 0.3) is 5.69 Å². The van der Waals surface area contributed by atoms with Crippen LogP contribution in [0.1, 0.15) is 39.6 Å². The van der Waals surface area contributed by atoms with E-state index < -0.39 is 5.91 Å². The van der Waals surface area contributed by atoms with Crippen LogP contribution in [-0.4, -0.2) is 45.7 Å². The maximum Gasteiger partial charge on any atom is 0.274 e. The van der Waals surface area contributed by atoms with E-state index in [-0.39, 0.29) is 29.5 Å². The molecule has 0 bridgehead atoms. The average Bonchev–Trinajstić information content (AvgIpc) is 3.20. The van der Waals surface area contributed by atoms with Crippen LogP contribution in [0.2, 0.25) is 0 Å². The van der Waals surface area contributed by atoms with E-state index in [0.29, 0.717) is 18.8 Å². The van der Waals surface area contributed by atoms with Gasteiger partial charge in [0.25, 0.3) is 11.8 Å². The van der Waals surface area contributed by atoms with E-state index in [0.717, 1.165) is 5.56 Å². The van der Waals surface area contributed by atoms with E-state index >= 15 is 0 Å². The zero-order valence-electron chi connectivity index (χ0n) is 16.1. The second-order valence-electron chi connectivity index (χ2n) is 7.08. The van der Waals surface area contributed by atoms with E-state index in [1.54, 1.807) is 17.0 Å². The van der Waals surface area contributed by atoms with Gasteiger partial charge in [-0.15, -0.1) is 0 Å². The lowest BCUT2D eigenvalue weighted by molar-refractivity contribution is -0.0693. The van der Waals surface area contributed by atoms with Crippen LogP contribution in [0.4, 0.5) is 0 Å². The van der Waals surface area contributed by atoms with Gasteiger partial charge in [0.2, 0.25) is 0 Å². The Bertz CT molecular complexity index is 1020. The Kier molecular flexibility index (Phi) is 5.14. The lowest BCUT2D eigenvalue weighted by Gasteiger charge is -2.36. The number of rotatable bonds is 4. The Morgan fingerprint density at radius 3 is 2.34 bits per heavy atom. The minimum absolute atomic E-state index is 0.121. The third kappa shape index (κ3) is 3.90. The number of carbonyl (C=O) groups is 2. The molecule has 1 aliphatic rings. The quantitative estimate of drug-likeness (QED) is 0.741. The molecular formula is C22H22N4O3. The smallest absolute Gasteiger partial charge is 0.274 e. The molecule has 148 valence electrons. The van der Waals surface area contributed by atoms with Gasteiger partial charge in [0.15, 0.2) is 5.69 Å². The van der Waals surface area contributed by atoms with Gasteiger partial charge in [0.1, 0.15) is 11.8 Å². The maximum atomic E-state index is 13.2. The molecule has 0 radical (unpaired) electrons. The van der Waals surface area contributed by atoms with Gasteiger partial charge in [0, 0.05) is 12.6 Å². The summed E-state index contributed by atoms with van der Waals surface area (Å²) < 4.78 is 7.44. The molecule has 0 unspecified atom stereocenters. The number of primary amides is 1. The molecule has 1 fully saturated rings. The topological polar surface area (TPSA) is 90.5 Å². The number of hydrogen-bond donors (Lipinski definition) is 1. The average molecular weight is 390 g/mol. The van der Waals surface area contributed by atoms with Crippen molar-refractivity contribution in [3.05, 3.63) is 83.7 Å². The van der Waals surface area contributed by atoms with Gasteiger partial charge in [0.05, 0.1) is 18.3 Å². The molecule has 2 atom stereocenters. The zero-order chi connectivity index (χ0) is 20.4. The molecule has 2 N–H and O–H groups in total. The summed E-state index contributed by atoms with van der Waals surface area (Å²) in [6.07, 6.45) is -0.333. The highest BCUT2D eigenvalue weighted by Gasteiger charge is 2.31. The summed E-state index contributed by atoms with van der Waals surface area (Å²) >= 11 is 0. The Hall–Kier alpha value is -3.45. The maximum absolute atomic E-state index is 13.2. The number of morpholine rings is 1. The SMILES string of the molecule is C[C@@H]1CN(C(=O)c2cc(C(N)=O)n(-c3ccccc3)n2)C[C@H](c2ccccc2)O1. The van der Waals surface area contributed by atoms with Crippen LogP contribution < -0.4 is 5.73 Å². The Morgan fingerprint density at radius 2 is 1.69 bits per heavy atom. The van der Waals surface area contributed by atoms with Crippen molar-refractivity contribution in [3.8, 4) is 5.69 Å². The summed E-state index contributed by atoms with van der Waals surface area (Å²) in [7, 11) is 0. The monoisotopic (exact) mass is 390 g/mol. The molecule has 7 nitrogen and oxygen atoms in total. The molecule has 7 heteroatoms. The molecule has 4 rings (SSSR count). The second-order valence-corrected chi connectivity index (χ2v) is 7.08. The van der Waals surface area contributed by atoms with Crippen molar-refractivity contribution < 1.29 is 14.3 Å². The Balaban J connectivity index is 1.63. The molecule has 1 saturated heterocycles. The molecular weight excluding hydrogens is 368 g/mol. The molecule has 3 aromatic rings. The first-order valence-electron chi connectivity index (χ1n) is 9.48. The lowest BCUT2D eigenvalue weighted by Crippen LogP contribution is -2.46. The van der Waals surface area contributed by atoms with Crippen LogP contribution in [0.3, 0.4) is 0 Å². The van der Waals surface area contributed by atoms with Crippen molar-refractivity contribution in [1.82, 2.24) is 14.7 Å². The third-order valence-electron chi connectivity index (χ3n) is 4.90. The normalized spacial score (nSPS) is 19.1. The van der Waals surface area contributed by atoms with E-state index in [1.807, 2.05) is 55.5 Å². The third-order valence-corrected chi connectivity index (χ3v) is 4.90. The van der Waals surface area contributed by atoms with Gasteiger partial charge >= 0.3 is 0 Å². The molecule has 2 aromatic carbocycles. The number of ether oxygens (including phenoxy) is 1. The number of hydrogen-bond acceptors (Lipinski definition) is 4. The second kappa shape index (κ2) is 7.89. The summed E-state index contributed by atoms with van der Waals surface area (Å²) in [6, 6.07) is 20.4. The predicted octanol–water partition coefficient (Wildman–Crippen LogP) is 2.57. The number of carbonyl (C=O) groups excluding carboxylic acids is 2. The van der Waals surface area contributed by atoms with E-state index in [9.17, 15) is 9.59 Å². The van der Waals surface area contributed by atoms with Crippen molar-refractivity contribution in [2.24, 2.45) is 5.73 Å². The van der Waals surface area contributed by atoms with Crippen molar-refractivity contribution >= 4 is 11.8 Å². The van der Waals surface area contributed by atoms with Crippen molar-refractivity contribution in [1.29, 1.82) is 0 Å². The molecule has 0 spiro atoms. The number of benzene rings is 2. The zero-order valence-corrected chi connectivity index (χ0v) is 16.1. The van der Waals surface area contributed by atoms with Crippen molar-refractivity contribution in [2.75, 3.05) is 13.1 Å². The molecule has 2 amide bonds. The largest absolute Gasteiger partial charge is 0.367 e. The first-order chi connectivity index (χ1) is 14.0. The van der Waals surface area contributed by atoms with Gasteiger partial charge in [-0.3, -0.25) is 9.59 Å². The molecule has 2 heterocycles. The van der Waals surface area contributed by atoms with Crippen LogP contribution in [0.5, 0.6) is 0 Å². The number of nitrogens with two attached hydrogens (primary N) is 1. The number of nitrogens with zero attached hydrogens (tertiary/aromatic N) is 3. The number of para-hydroxylation sites is 1. The highest BCUT2D eigenvalue weighted by Crippen LogP contribution is 2.26. The van der Waals surface area contributed by atoms with Crippen LogP contribution in [-0.2, 0) is 4.74 Å². The molecule has 0 saturated carbocycles. The fraction of sp³-hybridized carbons (Fsp3) is 0.227. The number of aromatic nitrogens is 2. The first-order valence-corrected chi connectivity index (χ1v) is 9.48. The summed E-state index contributed by atoms with van der Waals surface area (Å²) in [4.78, 5) is 26.8. The minimum atomic E-state index is -0.641. The molecule has 0 aliphatic carbocycles. The number of amides is 2. The van der Waals surface area contributed by atoms with Crippen LogP contribution >= 0.6 is 0 Å². The van der Waals surface area contributed by atoms with Crippen molar-refractivity contribution in [2.45, 2.75) is 19.1 Å². The van der Waals surface area contributed by atoms with E-state index in [1.165, 1.54) is 10.7 Å². The standard InChI is InChI=1S/C22H22N4O3/c1-15-13-25(14-20(29-15)16-8-4-2-5-9-16)22(28)18-12-19(21(23)27)26(24-18)17-10-6-3-7-11-17/h2-12,15,20H,13-14H2,1H3,(H2,23,27)/t15-,20-/m1/s1. The fourth-order valence-electron chi connectivity index (χ4n) is 3.56. The minimum Gasteiger partial charge on any atom is -0.367 e. The van der Waals surface area contributed by atoms with Gasteiger partial charge in [-0.2, -0.15) is 5.10 Å². The van der Waals surface area contributed by atoms with Gasteiger partial charge in [-0.1, -0.05) is 48.5 Å². The highest BCUT2D eigenvalue weighted by atomic mass is 16.5. The predicted molar refractivity (Wildman–Crippen MR) is 108 cm³/mol. The van der Waals surface area contributed by atoms with Gasteiger partial charge in [-0.25, -0.2) is 4.68 Å². The van der Waals surface area contributed by atoms with Crippen molar-refractivity contribution in [3.63, 3.8) is 0 Å². The van der Waals surface area contributed by atoms with E-state index in [4.69, 9.17) is 10.5 Å². The summed E-state index contributed by atoms with van der Waals surface area (Å²) in [5.74, 6) is -0.892. The summed E-state index contributed by atoms with van der Waals surface area (Å²) in [5.41, 5.74) is 7.55. The fourth-order valence-corrected chi connectivity index (χ4v) is 3.56. The van der Waals surface area contributed by atoms with E-state index in [2.05, 4.69) is 5.10 Å². The summed E-state index contributed by atoms with van der Waals surface area (Å²) in [6.45, 7) is 2.80. The summed E-state index contributed by atoms with van der Waals surface area (Å²) in [5, 5.41) is 4.38. The Morgan fingerprint density at radius 1 is 1.03 bits per heavy atom. The molecule has 29 heavy (non-hydrogen) atoms. The van der Waals surface area contributed by atoms with Gasteiger partial charge < -0.3 is 15.4 Å². The van der Waals surface area contributed by atoms with Crippen LogP contribution in [0.15, 0.2) is 66.7 Å². The van der Waals surface area contributed by atoms with Gasteiger partial charge in [-0.05, 0) is 24.6 Å². The highest BCUT2D eigenvalue weighted by molar-refractivity contribution is 5.97. The molecule has 1 aromatic heterocycles. The first kappa shape index (κ1) is 18.9. The van der Waals surface area contributed by atoms with Crippen LogP contribution in [0, 0.1) is 0 Å². The lowest BCUT2D eigenvalue weighted by atomic mass is 10.1. The molecule has 1 aliphatic heterocycles.